The summed E-state index contributed by atoms with van der Waals surface area (Å²) in [5.41, 5.74) is 3.75. The first-order valence-corrected chi connectivity index (χ1v) is 6.84. The van der Waals surface area contributed by atoms with Crippen molar-refractivity contribution >= 4 is 18.1 Å². The normalized spacial score (nSPS) is 9.90. The smallest absolute Gasteiger partial charge is 0.338 e. The molecule has 21 heavy (non-hydrogen) atoms. The highest BCUT2D eigenvalue weighted by Crippen LogP contribution is 2.09. The van der Waals surface area contributed by atoms with Crippen molar-refractivity contribution in [2.24, 2.45) is 0 Å². The topological polar surface area (TPSA) is 26.3 Å². The van der Waals surface area contributed by atoms with Gasteiger partial charge >= 0.3 is 5.97 Å². The van der Waals surface area contributed by atoms with Gasteiger partial charge < -0.3 is 4.74 Å². The van der Waals surface area contributed by atoms with E-state index in [1.54, 1.807) is 24.3 Å². The van der Waals surface area contributed by atoms with Gasteiger partial charge in [-0.2, -0.15) is 0 Å². The summed E-state index contributed by atoms with van der Waals surface area (Å²) in [5.74, 6) is -0.298. The van der Waals surface area contributed by atoms with Crippen molar-refractivity contribution < 1.29 is 9.53 Å². The molecule has 0 radical (unpaired) electrons. The summed E-state index contributed by atoms with van der Waals surface area (Å²) >= 11 is 0. The summed E-state index contributed by atoms with van der Waals surface area (Å²) in [6.45, 7) is 7.77. The molecule has 2 rings (SSSR count). The second-order valence-electron chi connectivity index (χ2n) is 4.66. The van der Waals surface area contributed by atoms with Crippen molar-refractivity contribution in [1.29, 1.82) is 0 Å². The van der Waals surface area contributed by atoms with Gasteiger partial charge in [-0.25, -0.2) is 4.79 Å². The van der Waals surface area contributed by atoms with Crippen LogP contribution in [-0.4, -0.2) is 12.6 Å². The van der Waals surface area contributed by atoms with Gasteiger partial charge in [-0.05, 0) is 28.8 Å². The van der Waals surface area contributed by atoms with Crippen molar-refractivity contribution in [1.82, 2.24) is 0 Å². The molecule has 0 bridgehead atoms. The van der Waals surface area contributed by atoms with Crippen LogP contribution in [0.2, 0.25) is 0 Å². The van der Waals surface area contributed by atoms with Crippen LogP contribution in [0.25, 0.3) is 12.2 Å². The number of carbonyl (C=O) groups is 1. The summed E-state index contributed by atoms with van der Waals surface area (Å²) in [6.07, 6.45) is 4.24. The van der Waals surface area contributed by atoms with Crippen LogP contribution in [0, 0.1) is 0 Å². The molecule has 2 nitrogen and oxygen atoms in total. The van der Waals surface area contributed by atoms with Gasteiger partial charge in [0.25, 0.3) is 0 Å². The minimum absolute atomic E-state index is 0.298. The molecular weight excluding hydrogens is 260 g/mol. The van der Waals surface area contributed by atoms with E-state index >= 15 is 0 Å². The molecule has 2 heteroatoms. The van der Waals surface area contributed by atoms with E-state index < -0.39 is 0 Å². The Morgan fingerprint density at radius 2 is 1.43 bits per heavy atom. The zero-order valence-corrected chi connectivity index (χ0v) is 11.9. The third kappa shape index (κ3) is 4.18. The average molecular weight is 278 g/mol. The summed E-state index contributed by atoms with van der Waals surface area (Å²) < 4.78 is 5.28. The van der Waals surface area contributed by atoms with Crippen LogP contribution in [0.5, 0.6) is 0 Å². The molecule has 0 saturated carbocycles. The van der Waals surface area contributed by atoms with Gasteiger partial charge in [0.05, 0.1) is 12.2 Å². The standard InChI is InChI=1S/C19H18O2/c1-3-15-5-7-17(8-6-15)13-14-21-19(20)18-11-9-16(4-2)10-12-18/h3-12H,1-2,13-14H2. The summed E-state index contributed by atoms with van der Waals surface area (Å²) in [4.78, 5) is 11.9. The van der Waals surface area contributed by atoms with Crippen molar-refractivity contribution in [2.75, 3.05) is 6.61 Å². The average Bonchev–Trinajstić information content (AvgIpc) is 2.55. The van der Waals surface area contributed by atoms with Gasteiger partial charge in [-0.15, -0.1) is 0 Å². The zero-order chi connectivity index (χ0) is 15.1. The number of hydrogen-bond donors (Lipinski definition) is 0. The Bertz CT molecular complexity index is 622. The number of benzene rings is 2. The van der Waals surface area contributed by atoms with Crippen LogP contribution in [0.4, 0.5) is 0 Å². The fourth-order valence-corrected chi connectivity index (χ4v) is 1.92. The molecule has 0 atom stereocenters. The number of carbonyl (C=O) groups excluding carboxylic acids is 1. The molecule has 0 heterocycles. The summed E-state index contributed by atoms with van der Waals surface area (Å²) in [5, 5.41) is 0. The van der Waals surface area contributed by atoms with Crippen LogP contribution in [0.15, 0.2) is 61.7 Å². The van der Waals surface area contributed by atoms with Gasteiger partial charge in [0.15, 0.2) is 0 Å². The third-order valence-corrected chi connectivity index (χ3v) is 3.22. The highest BCUT2D eigenvalue weighted by Gasteiger charge is 2.06. The fraction of sp³-hybridized carbons (Fsp3) is 0.105. The third-order valence-electron chi connectivity index (χ3n) is 3.22. The Balaban J connectivity index is 1.85. The van der Waals surface area contributed by atoms with E-state index in [-0.39, 0.29) is 5.97 Å². The lowest BCUT2D eigenvalue weighted by Crippen LogP contribution is -2.08. The molecule has 2 aromatic carbocycles. The second kappa shape index (κ2) is 7.25. The minimum atomic E-state index is -0.298. The fourth-order valence-electron chi connectivity index (χ4n) is 1.92. The number of ether oxygens (including phenoxy) is 1. The number of hydrogen-bond acceptors (Lipinski definition) is 2. The Kier molecular flexibility index (Phi) is 5.10. The van der Waals surface area contributed by atoms with Gasteiger partial charge in [0, 0.05) is 6.42 Å². The quantitative estimate of drug-likeness (QED) is 0.733. The summed E-state index contributed by atoms with van der Waals surface area (Å²) in [6, 6.07) is 15.2. The monoisotopic (exact) mass is 278 g/mol. The highest BCUT2D eigenvalue weighted by atomic mass is 16.5. The number of rotatable bonds is 6. The van der Waals surface area contributed by atoms with E-state index in [9.17, 15) is 4.79 Å². The SMILES string of the molecule is C=Cc1ccc(CCOC(=O)c2ccc(C=C)cc2)cc1. The molecule has 0 aromatic heterocycles. The molecule has 0 saturated heterocycles. The lowest BCUT2D eigenvalue weighted by atomic mass is 10.1. The second-order valence-corrected chi connectivity index (χ2v) is 4.66. The molecule has 0 aliphatic heterocycles. The first-order valence-electron chi connectivity index (χ1n) is 6.84. The van der Waals surface area contributed by atoms with Crippen LogP contribution in [0.1, 0.15) is 27.0 Å². The first kappa shape index (κ1) is 14.8. The van der Waals surface area contributed by atoms with E-state index in [1.807, 2.05) is 36.4 Å². The molecule has 0 aliphatic carbocycles. The predicted molar refractivity (Wildman–Crippen MR) is 87.1 cm³/mol. The Morgan fingerprint density at radius 1 is 0.905 bits per heavy atom. The van der Waals surface area contributed by atoms with E-state index in [0.29, 0.717) is 18.6 Å². The summed E-state index contributed by atoms with van der Waals surface area (Å²) in [7, 11) is 0. The minimum Gasteiger partial charge on any atom is -0.462 e. The van der Waals surface area contributed by atoms with Crippen LogP contribution < -0.4 is 0 Å². The predicted octanol–water partition coefficient (Wildman–Crippen LogP) is 4.37. The first-order chi connectivity index (χ1) is 10.2. The maximum absolute atomic E-state index is 11.9. The maximum atomic E-state index is 11.9. The van der Waals surface area contributed by atoms with Crippen molar-refractivity contribution in [2.45, 2.75) is 6.42 Å². The lowest BCUT2D eigenvalue weighted by Gasteiger charge is -2.06. The van der Waals surface area contributed by atoms with Crippen LogP contribution >= 0.6 is 0 Å². The van der Waals surface area contributed by atoms with Crippen LogP contribution in [-0.2, 0) is 11.2 Å². The molecule has 0 aliphatic rings. The van der Waals surface area contributed by atoms with E-state index in [1.165, 1.54) is 0 Å². The maximum Gasteiger partial charge on any atom is 0.338 e. The Labute approximate surface area is 125 Å². The van der Waals surface area contributed by atoms with Crippen molar-refractivity contribution in [3.05, 3.63) is 83.9 Å². The van der Waals surface area contributed by atoms with Crippen LogP contribution in [0.3, 0.4) is 0 Å². The molecule has 0 amide bonds. The zero-order valence-electron chi connectivity index (χ0n) is 11.9. The lowest BCUT2D eigenvalue weighted by molar-refractivity contribution is 0.0509. The molecular formula is C19H18O2. The molecule has 0 unspecified atom stereocenters. The Hall–Kier alpha value is -2.61. The van der Waals surface area contributed by atoms with Crippen molar-refractivity contribution in [3.8, 4) is 0 Å². The van der Waals surface area contributed by atoms with E-state index in [0.717, 1.165) is 16.7 Å². The largest absolute Gasteiger partial charge is 0.462 e. The molecule has 0 fully saturated rings. The van der Waals surface area contributed by atoms with Gasteiger partial charge in [0.1, 0.15) is 0 Å². The highest BCUT2D eigenvalue weighted by molar-refractivity contribution is 5.89. The molecule has 0 spiro atoms. The van der Waals surface area contributed by atoms with Gasteiger partial charge in [-0.1, -0.05) is 61.7 Å². The molecule has 106 valence electrons. The molecule has 0 N–H and O–H groups in total. The molecule has 2 aromatic rings. The van der Waals surface area contributed by atoms with E-state index in [4.69, 9.17) is 4.74 Å². The van der Waals surface area contributed by atoms with Gasteiger partial charge in [-0.3, -0.25) is 0 Å². The van der Waals surface area contributed by atoms with E-state index in [2.05, 4.69) is 13.2 Å². The van der Waals surface area contributed by atoms with Crippen molar-refractivity contribution in [3.63, 3.8) is 0 Å². The Morgan fingerprint density at radius 3 is 1.95 bits per heavy atom. The number of esters is 1. The van der Waals surface area contributed by atoms with Gasteiger partial charge in [0.2, 0.25) is 0 Å².